The van der Waals surface area contributed by atoms with Crippen molar-refractivity contribution in [3.63, 3.8) is 0 Å². The first-order valence-electron chi connectivity index (χ1n) is 7.34. The van der Waals surface area contributed by atoms with Gasteiger partial charge in [0.2, 0.25) is 0 Å². The van der Waals surface area contributed by atoms with E-state index in [4.69, 9.17) is 4.42 Å². The van der Waals surface area contributed by atoms with Gasteiger partial charge in [-0.15, -0.1) is 0 Å². The summed E-state index contributed by atoms with van der Waals surface area (Å²) in [6.45, 7) is 4.05. The van der Waals surface area contributed by atoms with Crippen LogP contribution < -0.4 is 5.32 Å². The molecule has 0 atom stereocenters. The van der Waals surface area contributed by atoms with E-state index in [1.54, 1.807) is 31.6 Å². The van der Waals surface area contributed by atoms with Crippen LogP contribution in [-0.2, 0) is 6.54 Å². The Morgan fingerprint density at radius 2 is 1.91 bits per heavy atom. The second kappa shape index (κ2) is 6.44. The predicted molar refractivity (Wildman–Crippen MR) is 86.8 cm³/mol. The van der Waals surface area contributed by atoms with E-state index in [1.165, 1.54) is 0 Å². The summed E-state index contributed by atoms with van der Waals surface area (Å²) in [4.78, 5) is 20.6. The summed E-state index contributed by atoms with van der Waals surface area (Å²) in [6.07, 6.45) is 5.20. The number of aryl methyl sites for hydroxylation is 2. The second-order valence-electron chi connectivity index (χ2n) is 5.29. The molecule has 0 aromatic carbocycles. The first-order chi connectivity index (χ1) is 11.1. The number of hydrogen-bond donors (Lipinski definition) is 1. The van der Waals surface area contributed by atoms with Crippen molar-refractivity contribution >= 4 is 5.91 Å². The Morgan fingerprint density at radius 3 is 2.61 bits per heavy atom. The van der Waals surface area contributed by atoms with Crippen molar-refractivity contribution in [1.82, 2.24) is 15.3 Å². The lowest BCUT2D eigenvalue weighted by Crippen LogP contribution is -2.23. The molecular formula is C18H17N3O2. The van der Waals surface area contributed by atoms with Gasteiger partial charge in [-0.2, -0.15) is 0 Å². The summed E-state index contributed by atoms with van der Waals surface area (Å²) in [5, 5.41) is 2.91. The van der Waals surface area contributed by atoms with E-state index in [2.05, 4.69) is 15.3 Å². The minimum Gasteiger partial charge on any atom is -0.466 e. The van der Waals surface area contributed by atoms with Crippen molar-refractivity contribution in [3.05, 3.63) is 71.6 Å². The summed E-state index contributed by atoms with van der Waals surface area (Å²) < 4.78 is 5.39. The predicted octanol–water partition coefficient (Wildman–Crippen LogP) is 3.28. The third kappa shape index (κ3) is 3.45. The van der Waals surface area contributed by atoms with Crippen LogP contribution in [0.4, 0.5) is 0 Å². The molecule has 23 heavy (non-hydrogen) atoms. The first-order valence-corrected chi connectivity index (χ1v) is 7.34. The molecule has 116 valence electrons. The number of amides is 1. The Labute approximate surface area is 134 Å². The van der Waals surface area contributed by atoms with Crippen LogP contribution in [0.2, 0.25) is 0 Å². The monoisotopic (exact) mass is 307 g/mol. The first kappa shape index (κ1) is 15.0. The molecular weight excluding hydrogens is 290 g/mol. The molecule has 1 amide bonds. The fraction of sp³-hybridized carbons (Fsp3) is 0.167. The second-order valence-corrected chi connectivity index (χ2v) is 5.29. The van der Waals surface area contributed by atoms with Crippen LogP contribution in [0.15, 0.2) is 53.3 Å². The zero-order chi connectivity index (χ0) is 16.2. The number of carbonyl (C=O) groups is 1. The molecule has 0 radical (unpaired) electrons. The molecule has 0 aliphatic heterocycles. The normalized spacial score (nSPS) is 10.5. The molecule has 0 fully saturated rings. The lowest BCUT2D eigenvalue weighted by Gasteiger charge is -2.06. The van der Waals surface area contributed by atoms with E-state index in [1.807, 2.05) is 31.2 Å². The molecule has 5 nitrogen and oxygen atoms in total. The Hall–Kier alpha value is -2.95. The maximum atomic E-state index is 12.2. The molecule has 0 aliphatic carbocycles. The maximum absolute atomic E-state index is 12.2. The number of nitrogens with zero attached hydrogens (tertiary/aromatic N) is 2. The Balaban J connectivity index is 1.71. The molecule has 1 N–H and O–H groups in total. The number of aromatic nitrogens is 2. The molecule has 3 aromatic heterocycles. The third-order valence-electron chi connectivity index (χ3n) is 3.54. The summed E-state index contributed by atoms with van der Waals surface area (Å²) >= 11 is 0. The van der Waals surface area contributed by atoms with Gasteiger partial charge < -0.3 is 9.73 Å². The van der Waals surface area contributed by atoms with E-state index in [0.29, 0.717) is 17.9 Å². The molecule has 3 heterocycles. The highest BCUT2D eigenvalue weighted by Gasteiger charge is 2.13. The fourth-order valence-electron chi connectivity index (χ4n) is 2.40. The van der Waals surface area contributed by atoms with Gasteiger partial charge in [-0.05, 0) is 49.7 Å². The van der Waals surface area contributed by atoms with Crippen LogP contribution in [0.5, 0.6) is 0 Å². The molecule has 0 bridgehead atoms. The molecule has 5 heteroatoms. The average Bonchev–Trinajstić information content (AvgIpc) is 2.92. The van der Waals surface area contributed by atoms with Crippen LogP contribution >= 0.6 is 0 Å². The highest BCUT2D eigenvalue weighted by Crippen LogP contribution is 2.17. The average molecular weight is 307 g/mol. The van der Waals surface area contributed by atoms with E-state index in [0.717, 1.165) is 22.6 Å². The van der Waals surface area contributed by atoms with Gasteiger partial charge in [0, 0.05) is 30.7 Å². The highest BCUT2D eigenvalue weighted by atomic mass is 16.3. The summed E-state index contributed by atoms with van der Waals surface area (Å²) in [7, 11) is 0. The molecule has 0 spiro atoms. The molecule has 3 rings (SSSR count). The smallest absolute Gasteiger partial charge is 0.255 e. The van der Waals surface area contributed by atoms with Crippen molar-refractivity contribution in [3.8, 4) is 11.3 Å². The van der Waals surface area contributed by atoms with Crippen molar-refractivity contribution in [2.45, 2.75) is 20.4 Å². The maximum Gasteiger partial charge on any atom is 0.255 e. The van der Waals surface area contributed by atoms with E-state index in [-0.39, 0.29) is 5.91 Å². The number of pyridine rings is 2. The van der Waals surface area contributed by atoms with Gasteiger partial charge >= 0.3 is 0 Å². The van der Waals surface area contributed by atoms with Crippen LogP contribution in [0.1, 0.15) is 27.4 Å². The number of nitrogens with one attached hydrogen (secondary N) is 1. The quantitative estimate of drug-likeness (QED) is 0.803. The summed E-state index contributed by atoms with van der Waals surface area (Å²) in [5.41, 5.74) is 3.41. The highest BCUT2D eigenvalue weighted by molar-refractivity contribution is 5.95. The number of rotatable bonds is 4. The minimum absolute atomic E-state index is 0.137. The van der Waals surface area contributed by atoms with Gasteiger partial charge in [-0.3, -0.25) is 14.8 Å². The van der Waals surface area contributed by atoms with Gasteiger partial charge in [0.05, 0.1) is 11.3 Å². The van der Waals surface area contributed by atoms with Crippen molar-refractivity contribution in [2.24, 2.45) is 0 Å². The van der Waals surface area contributed by atoms with Crippen LogP contribution in [0.25, 0.3) is 11.3 Å². The molecule has 0 saturated carbocycles. The van der Waals surface area contributed by atoms with E-state index in [9.17, 15) is 4.79 Å². The lowest BCUT2D eigenvalue weighted by atomic mass is 10.1. The Bertz CT molecular complexity index is 825. The molecule has 3 aromatic rings. The van der Waals surface area contributed by atoms with Crippen molar-refractivity contribution in [2.75, 3.05) is 0 Å². The largest absolute Gasteiger partial charge is 0.466 e. The summed E-state index contributed by atoms with van der Waals surface area (Å²) in [5.74, 6) is 1.23. The SMILES string of the molecule is Cc1cc(C(=O)NCc2ccnc(-c3ccncc3)c2)c(C)o1. The van der Waals surface area contributed by atoms with Crippen LogP contribution in [-0.4, -0.2) is 15.9 Å². The van der Waals surface area contributed by atoms with Gasteiger partial charge in [-0.1, -0.05) is 0 Å². The van der Waals surface area contributed by atoms with Gasteiger partial charge in [0.15, 0.2) is 0 Å². The van der Waals surface area contributed by atoms with Crippen LogP contribution in [0.3, 0.4) is 0 Å². The minimum atomic E-state index is -0.137. The summed E-state index contributed by atoms with van der Waals surface area (Å²) in [6, 6.07) is 9.41. The third-order valence-corrected chi connectivity index (χ3v) is 3.54. The Kier molecular flexibility index (Phi) is 4.19. The molecule has 0 saturated heterocycles. The Morgan fingerprint density at radius 1 is 1.13 bits per heavy atom. The lowest BCUT2D eigenvalue weighted by molar-refractivity contribution is 0.0949. The van der Waals surface area contributed by atoms with Crippen molar-refractivity contribution in [1.29, 1.82) is 0 Å². The van der Waals surface area contributed by atoms with E-state index >= 15 is 0 Å². The number of carbonyl (C=O) groups excluding carboxylic acids is 1. The van der Waals surface area contributed by atoms with Crippen molar-refractivity contribution < 1.29 is 9.21 Å². The van der Waals surface area contributed by atoms with Crippen LogP contribution in [0, 0.1) is 13.8 Å². The van der Waals surface area contributed by atoms with Gasteiger partial charge in [-0.25, -0.2) is 0 Å². The number of hydrogen-bond acceptors (Lipinski definition) is 4. The topological polar surface area (TPSA) is 68.0 Å². The van der Waals surface area contributed by atoms with Gasteiger partial charge in [0.25, 0.3) is 5.91 Å². The zero-order valence-corrected chi connectivity index (χ0v) is 13.0. The van der Waals surface area contributed by atoms with Gasteiger partial charge in [0.1, 0.15) is 11.5 Å². The van der Waals surface area contributed by atoms with E-state index < -0.39 is 0 Å². The zero-order valence-electron chi connectivity index (χ0n) is 13.0. The molecule has 0 unspecified atom stereocenters. The standard InChI is InChI=1S/C18H17N3O2/c1-12-9-16(13(2)23-12)18(22)21-11-14-3-8-20-17(10-14)15-4-6-19-7-5-15/h3-10H,11H2,1-2H3,(H,21,22). The number of furan rings is 1. The fourth-order valence-corrected chi connectivity index (χ4v) is 2.40. The molecule has 0 aliphatic rings.